The molecule has 5 heteroatoms. The lowest BCUT2D eigenvalue weighted by atomic mass is 10.0. The van der Waals surface area contributed by atoms with Crippen LogP contribution in [0.25, 0.3) is 6.08 Å². The number of amides is 2. The number of urea groups is 1. The van der Waals surface area contributed by atoms with E-state index in [-0.39, 0.29) is 11.8 Å². The summed E-state index contributed by atoms with van der Waals surface area (Å²) < 4.78 is 0. The molecule has 3 aromatic rings. The molecule has 5 nitrogen and oxygen atoms in total. The van der Waals surface area contributed by atoms with E-state index in [2.05, 4.69) is 29.5 Å². The van der Waals surface area contributed by atoms with Gasteiger partial charge in [-0.05, 0) is 59.4 Å². The molecule has 158 valence electrons. The number of hydrogen-bond acceptors (Lipinski definition) is 3. The second-order valence-corrected chi connectivity index (χ2v) is 7.15. The number of para-hydroxylation sites is 1. The highest BCUT2D eigenvalue weighted by Crippen LogP contribution is 2.22. The number of aryl methyl sites for hydroxylation is 2. The lowest BCUT2D eigenvalue weighted by molar-refractivity contribution is 0.104. The summed E-state index contributed by atoms with van der Waals surface area (Å²) in [5, 5.41) is 5.88. The van der Waals surface area contributed by atoms with Crippen molar-refractivity contribution in [3.8, 4) is 0 Å². The fourth-order valence-electron chi connectivity index (χ4n) is 3.32. The van der Waals surface area contributed by atoms with E-state index in [1.54, 1.807) is 30.6 Å². The summed E-state index contributed by atoms with van der Waals surface area (Å²) in [5.74, 6) is -0.0976. The normalized spacial score (nSPS) is 10.8. The minimum Gasteiger partial charge on any atom is -0.334 e. The number of benzene rings is 2. The predicted molar refractivity (Wildman–Crippen MR) is 125 cm³/mol. The van der Waals surface area contributed by atoms with E-state index in [1.807, 2.05) is 42.5 Å². The van der Waals surface area contributed by atoms with Gasteiger partial charge in [0.05, 0.1) is 0 Å². The molecule has 2 amide bonds. The number of pyridine rings is 1. The molecule has 1 aromatic heterocycles. The fraction of sp³-hybridized carbons (Fsp3) is 0.192. The smallest absolute Gasteiger partial charge is 0.319 e. The topological polar surface area (TPSA) is 71.1 Å². The number of hydrogen-bond donors (Lipinski definition) is 2. The molecule has 3 rings (SSSR count). The maximum absolute atomic E-state index is 12.5. The average molecular weight is 414 g/mol. The molecule has 0 aliphatic carbocycles. The van der Waals surface area contributed by atoms with Crippen molar-refractivity contribution in [2.75, 3.05) is 5.32 Å². The molecule has 0 spiro atoms. The first kappa shape index (κ1) is 22.0. The fourth-order valence-corrected chi connectivity index (χ4v) is 3.32. The summed E-state index contributed by atoms with van der Waals surface area (Å²) >= 11 is 0. The quantitative estimate of drug-likeness (QED) is 0.382. The first-order chi connectivity index (χ1) is 15.1. The zero-order chi connectivity index (χ0) is 22.1. The van der Waals surface area contributed by atoms with Crippen molar-refractivity contribution in [1.82, 2.24) is 10.3 Å². The molecule has 2 N–H and O–H groups in total. The van der Waals surface area contributed by atoms with E-state index in [0.29, 0.717) is 12.1 Å². The number of anilines is 1. The SMILES string of the molecule is CCc1cccc(CC)c1NC(=O)NCc1cccc(C(=O)C=Cc2cccnc2)c1. The Morgan fingerprint density at radius 2 is 1.71 bits per heavy atom. The highest BCUT2D eigenvalue weighted by atomic mass is 16.2. The zero-order valence-electron chi connectivity index (χ0n) is 17.9. The minimum absolute atomic E-state index is 0.0976. The third kappa shape index (κ3) is 6.12. The van der Waals surface area contributed by atoms with Gasteiger partial charge in [-0.15, -0.1) is 0 Å². The Hall–Kier alpha value is -3.73. The second-order valence-electron chi connectivity index (χ2n) is 7.15. The van der Waals surface area contributed by atoms with Crippen LogP contribution >= 0.6 is 0 Å². The van der Waals surface area contributed by atoms with Gasteiger partial charge < -0.3 is 10.6 Å². The molecule has 0 bridgehead atoms. The number of carbonyl (C=O) groups excluding carboxylic acids is 2. The monoisotopic (exact) mass is 413 g/mol. The first-order valence-corrected chi connectivity index (χ1v) is 10.5. The maximum Gasteiger partial charge on any atom is 0.319 e. The third-order valence-corrected chi connectivity index (χ3v) is 5.01. The summed E-state index contributed by atoms with van der Waals surface area (Å²) in [6.45, 7) is 4.47. The molecule has 0 fully saturated rings. The molecule has 0 unspecified atom stereocenters. The molecule has 0 radical (unpaired) electrons. The maximum atomic E-state index is 12.5. The molecule has 31 heavy (non-hydrogen) atoms. The summed E-state index contributed by atoms with van der Waals surface area (Å²) in [6, 6.07) is 16.8. The van der Waals surface area contributed by atoms with Crippen LogP contribution in [0.1, 0.15) is 46.5 Å². The highest BCUT2D eigenvalue weighted by Gasteiger charge is 2.10. The van der Waals surface area contributed by atoms with Gasteiger partial charge in [-0.1, -0.05) is 56.3 Å². The second kappa shape index (κ2) is 10.9. The molecule has 0 saturated carbocycles. The van der Waals surface area contributed by atoms with Crippen LogP contribution in [0.15, 0.2) is 73.1 Å². The summed E-state index contributed by atoms with van der Waals surface area (Å²) in [7, 11) is 0. The van der Waals surface area contributed by atoms with Gasteiger partial charge in [0.25, 0.3) is 0 Å². The van der Waals surface area contributed by atoms with Crippen molar-refractivity contribution >= 4 is 23.6 Å². The van der Waals surface area contributed by atoms with E-state index in [4.69, 9.17) is 0 Å². The summed E-state index contributed by atoms with van der Waals surface area (Å²) in [5.41, 5.74) is 5.41. The van der Waals surface area contributed by atoms with Gasteiger partial charge in [0.15, 0.2) is 5.78 Å². The largest absolute Gasteiger partial charge is 0.334 e. The van der Waals surface area contributed by atoms with E-state index in [0.717, 1.165) is 40.8 Å². The molecule has 2 aromatic carbocycles. The lowest BCUT2D eigenvalue weighted by Gasteiger charge is -2.15. The molecule has 0 aliphatic rings. The Kier molecular flexibility index (Phi) is 7.71. The number of allylic oxidation sites excluding steroid dienone is 1. The molecule has 0 saturated heterocycles. The van der Waals surface area contributed by atoms with Gasteiger partial charge >= 0.3 is 6.03 Å². The van der Waals surface area contributed by atoms with E-state index in [1.165, 1.54) is 6.08 Å². The number of carbonyl (C=O) groups is 2. The van der Waals surface area contributed by atoms with Crippen LogP contribution in [0.4, 0.5) is 10.5 Å². The van der Waals surface area contributed by atoms with Crippen molar-refractivity contribution in [3.63, 3.8) is 0 Å². The number of ketones is 1. The summed E-state index contributed by atoms with van der Waals surface area (Å²) in [4.78, 5) is 29.0. The standard InChI is InChI=1S/C26H27N3O2/c1-3-21-10-6-11-22(4-2)25(21)29-26(31)28-18-20-8-5-12-23(16-20)24(30)14-13-19-9-7-15-27-17-19/h5-17H,3-4,18H2,1-2H3,(H2,28,29,31). The molecule has 1 heterocycles. The van der Waals surface area contributed by atoms with Crippen molar-refractivity contribution in [2.24, 2.45) is 0 Å². The Balaban J connectivity index is 1.62. The van der Waals surface area contributed by atoms with Gasteiger partial charge in [-0.2, -0.15) is 0 Å². The van der Waals surface area contributed by atoms with E-state index < -0.39 is 0 Å². The molecular formula is C26H27N3O2. The third-order valence-electron chi connectivity index (χ3n) is 5.01. The number of nitrogens with zero attached hydrogens (tertiary/aromatic N) is 1. The number of aromatic nitrogens is 1. The van der Waals surface area contributed by atoms with E-state index in [9.17, 15) is 9.59 Å². The van der Waals surface area contributed by atoms with Crippen molar-refractivity contribution < 1.29 is 9.59 Å². The van der Waals surface area contributed by atoms with Crippen LogP contribution in [0.3, 0.4) is 0 Å². The van der Waals surface area contributed by atoms with Crippen LogP contribution in [0.2, 0.25) is 0 Å². The Morgan fingerprint density at radius 3 is 2.39 bits per heavy atom. The van der Waals surface area contributed by atoms with Gasteiger partial charge in [0.2, 0.25) is 0 Å². The lowest BCUT2D eigenvalue weighted by Crippen LogP contribution is -2.29. The van der Waals surface area contributed by atoms with E-state index >= 15 is 0 Å². The van der Waals surface area contributed by atoms with Gasteiger partial charge in [0.1, 0.15) is 0 Å². The molecule has 0 atom stereocenters. The van der Waals surface area contributed by atoms with Crippen LogP contribution in [0, 0.1) is 0 Å². The van der Waals surface area contributed by atoms with Crippen molar-refractivity contribution in [1.29, 1.82) is 0 Å². The number of nitrogens with one attached hydrogen (secondary N) is 2. The van der Waals surface area contributed by atoms with Gasteiger partial charge in [-0.3, -0.25) is 9.78 Å². The summed E-state index contributed by atoms with van der Waals surface area (Å²) in [6.07, 6.45) is 8.35. The minimum atomic E-state index is -0.260. The van der Waals surface area contributed by atoms with Crippen LogP contribution in [-0.2, 0) is 19.4 Å². The van der Waals surface area contributed by atoms with Crippen molar-refractivity contribution in [2.45, 2.75) is 33.2 Å². The Labute approximate surface area is 183 Å². The Morgan fingerprint density at radius 1 is 0.968 bits per heavy atom. The van der Waals surface area contributed by atoms with Crippen LogP contribution in [0.5, 0.6) is 0 Å². The highest BCUT2D eigenvalue weighted by molar-refractivity contribution is 6.06. The first-order valence-electron chi connectivity index (χ1n) is 10.5. The van der Waals surface area contributed by atoms with Crippen LogP contribution in [-0.4, -0.2) is 16.8 Å². The number of rotatable bonds is 8. The zero-order valence-corrected chi connectivity index (χ0v) is 17.9. The molecule has 0 aliphatic heterocycles. The van der Waals surface area contributed by atoms with Gasteiger partial charge in [0, 0.05) is 30.2 Å². The van der Waals surface area contributed by atoms with Crippen molar-refractivity contribution in [3.05, 3.63) is 101 Å². The predicted octanol–water partition coefficient (Wildman–Crippen LogP) is 5.42. The molecular weight excluding hydrogens is 386 g/mol. The van der Waals surface area contributed by atoms with Crippen LogP contribution < -0.4 is 10.6 Å². The average Bonchev–Trinajstić information content (AvgIpc) is 2.82. The van der Waals surface area contributed by atoms with Gasteiger partial charge in [-0.25, -0.2) is 4.79 Å². The Bertz CT molecular complexity index is 1050.